The number of rotatable bonds is 5. The molecular formula is C16H21N3OS. The van der Waals surface area contributed by atoms with Crippen LogP contribution in [0.25, 0.3) is 0 Å². The van der Waals surface area contributed by atoms with Crippen LogP contribution in [0, 0.1) is 0 Å². The lowest BCUT2D eigenvalue weighted by molar-refractivity contribution is 0.358. The molecule has 1 aliphatic rings. The summed E-state index contributed by atoms with van der Waals surface area (Å²) in [4.78, 5) is 4.56. The lowest BCUT2D eigenvalue weighted by Gasteiger charge is -2.06. The summed E-state index contributed by atoms with van der Waals surface area (Å²) in [5.74, 6) is 4.54. The number of hydrogen-bond donors (Lipinski definition) is 1. The van der Waals surface area contributed by atoms with Crippen molar-refractivity contribution in [2.24, 2.45) is 0 Å². The highest BCUT2D eigenvalue weighted by molar-refractivity contribution is 7.99. The SMILES string of the molecule is c1ccc(CNCc2nc([C@@H]3CCCSCC3)no2)cc1. The maximum atomic E-state index is 5.37. The smallest absolute Gasteiger partial charge is 0.240 e. The molecular weight excluding hydrogens is 282 g/mol. The molecule has 1 aromatic heterocycles. The third kappa shape index (κ3) is 4.32. The molecule has 0 aliphatic carbocycles. The van der Waals surface area contributed by atoms with Crippen LogP contribution in [0.4, 0.5) is 0 Å². The van der Waals surface area contributed by atoms with Crippen LogP contribution in [-0.2, 0) is 13.1 Å². The van der Waals surface area contributed by atoms with E-state index in [4.69, 9.17) is 4.52 Å². The molecule has 5 heteroatoms. The monoisotopic (exact) mass is 303 g/mol. The van der Waals surface area contributed by atoms with E-state index in [1.807, 2.05) is 30.0 Å². The van der Waals surface area contributed by atoms with Crippen molar-refractivity contribution in [3.63, 3.8) is 0 Å². The van der Waals surface area contributed by atoms with E-state index >= 15 is 0 Å². The van der Waals surface area contributed by atoms with Crippen LogP contribution in [-0.4, -0.2) is 21.6 Å². The summed E-state index contributed by atoms with van der Waals surface area (Å²) in [5, 5.41) is 7.52. The first kappa shape index (κ1) is 14.6. The summed E-state index contributed by atoms with van der Waals surface area (Å²) in [6.45, 7) is 1.45. The lowest BCUT2D eigenvalue weighted by Crippen LogP contribution is -2.13. The molecule has 112 valence electrons. The van der Waals surface area contributed by atoms with E-state index < -0.39 is 0 Å². The minimum absolute atomic E-state index is 0.478. The van der Waals surface area contributed by atoms with Gasteiger partial charge in [0.25, 0.3) is 0 Å². The van der Waals surface area contributed by atoms with Gasteiger partial charge in [0.2, 0.25) is 5.89 Å². The molecule has 21 heavy (non-hydrogen) atoms. The van der Waals surface area contributed by atoms with Crippen molar-refractivity contribution in [1.82, 2.24) is 15.5 Å². The van der Waals surface area contributed by atoms with Crippen molar-refractivity contribution in [2.45, 2.75) is 38.3 Å². The molecule has 0 spiro atoms. The molecule has 1 aromatic carbocycles. The van der Waals surface area contributed by atoms with Gasteiger partial charge in [-0.05, 0) is 36.3 Å². The fourth-order valence-electron chi connectivity index (χ4n) is 2.58. The summed E-state index contributed by atoms with van der Waals surface area (Å²) in [6.07, 6.45) is 3.61. The zero-order valence-electron chi connectivity index (χ0n) is 12.1. The number of nitrogens with zero attached hydrogens (tertiary/aromatic N) is 2. The molecule has 4 nitrogen and oxygen atoms in total. The van der Waals surface area contributed by atoms with E-state index in [9.17, 15) is 0 Å². The Morgan fingerprint density at radius 1 is 1.14 bits per heavy atom. The summed E-state index contributed by atoms with van der Waals surface area (Å²) in [7, 11) is 0. The Balaban J connectivity index is 1.50. The van der Waals surface area contributed by atoms with Gasteiger partial charge in [0.1, 0.15) is 0 Å². The molecule has 0 bridgehead atoms. The first-order valence-corrected chi connectivity index (χ1v) is 8.72. The van der Waals surface area contributed by atoms with Gasteiger partial charge in [-0.1, -0.05) is 35.5 Å². The van der Waals surface area contributed by atoms with Crippen molar-refractivity contribution in [3.8, 4) is 0 Å². The van der Waals surface area contributed by atoms with E-state index in [1.54, 1.807) is 0 Å². The largest absolute Gasteiger partial charge is 0.338 e. The van der Waals surface area contributed by atoms with Crippen LogP contribution in [0.2, 0.25) is 0 Å². The summed E-state index contributed by atoms with van der Waals surface area (Å²) >= 11 is 2.03. The fraction of sp³-hybridized carbons (Fsp3) is 0.500. The van der Waals surface area contributed by atoms with Gasteiger partial charge in [0, 0.05) is 12.5 Å². The van der Waals surface area contributed by atoms with Crippen LogP contribution in [0.1, 0.15) is 42.5 Å². The van der Waals surface area contributed by atoms with Gasteiger partial charge in [-0.25, -0.2) is 0 Å². The molecule has 1 fully saturated rings. The zero-order chi connectivity index (χ0) is 14.3. The second-order valence-corrected chi connectivity index (χ2v) is 6.60. The first-order chi connectivity index (χ1) is 10.4. The van der Waals surface area contributed by atoms with Gasteiger partial charge in [0.05, 0.1) is 6.54 Å². The predicted molar refractivity (Wildman–Crippen MR) is 85.2 cm³/mol. The third-order valence-electron chi connectivity index (χ3n) is 3.75. The van der Waals surface area contributed by atoms with Gasteiger partial charge >= 0.3 is 0 Å². The van der Waals surface area contributed by atoms with E-state index in [-0.39, 0.29) is 0 Å². The molecule has 3 rings (SSSR count). The average Bonchev–Trinajstić information content (AvgIpc) is 2.82. The lowest BCUT2D eigenvalue weighted by atomic mass is 10.0. The number of benzene rings is 1. The van der Waals surface area contributed by atoms with Crippen LogP contribution in [0.3, 0.4) is 0 Å². The number of nitrogens with one attached hydrogen (secondary N) is 1. The maximum absolute atomic E-state index is 5.37. The van der Waals surface area contributed by atoms with Gasteiger partial charge in [-0.15, -0.1) is 0 Å². The predicted octanol–water partition coefficient (Wildman–Crippen LogP) is 3.36. The molecule has 1 saturated heterocycles. The number of aromatic nitrogens is 2. The molecule has 1 aliphatic heterocycles. The Hall–Kier alpha value is -1.33. The quantitative estimate of drug-likeness (QED) is 0.918. The van der Waals surface area contributed by atoms with Crippen molar-refractivity contribution in [3.05, 3.63) is 47.6 Å². The Morgan fingerprint density at radius 3 is 2.95 bits per heavy atom. The molecule has 0 radical (unpaired) electrons. The molecule has 0 unspecified atom stereocenters. The average molecular weight is 303 g/mol. The highest BCUT2D eigenvalue weighted by Gasteiger charge is 2.19. The summed E-state index contributed by atoms with van der Waals surface area (Å²) in [6, 6.07) is 10.3. The highest BCUT2D eigenvalue weighted by Crippen LogP contribution is 2.28. The van der Waals surface area contributed by atoms with E-state index in [1.165, 1.54) is 36.3 Å². The minimum atomic E-state index is 0.478. The highest BCUT2D eigenvalue weighted by atomic mass is 32.2. The molecule has 2 aromatic rings. The Kier molecular flexibility index (Phi) is 5.29. The van der Waals surface area contributed by atoms with Crippen LogP contribution in [0.5, 0.6) is 0 Å². The van der Waals surface area contributed by atoms with Crippen molar-refractivity contribution in [1.29, 1.82) is 0 Å². The zero-order valence-corrected chi connectivity index (χ0v) is 12.9. The Labute approximate surface area is 129 Å². The summed E-state index contributed by atoms with van der Waals surface area (Å²) in [5.41, 5.74) is 1.26. The fourth-order valence-corrected chi connectivity index (χ4v) is 3.60. The minimum Gasteiger partial charge on any atom is -0.338 e. The normalized spacial score (nSPS) is 19.3. The first-order valence-electron chi connectivity index (χ1n) is 7.56. The molecule has 0 saturated carbocycles. The van der Waals surface area contributed by atoms with E-state index in [0.717, 1.165) is 12.4 Å². The van der Waals surface area contributed by atoms with Gasteiger partial charge in [-0.3, -0.25) is 0 Å². The van der Waals surface area contributed by atoms with Crippen molar-refractivity contribution < 1.29 is 4.52 Å². The second-order valence-electron chi connectivity index (χ2n) is 5.38. The number of hydrogen-bond acceptors (Lipinski definition) is 5. The topological polar surface area (TPSA) is 51.0 Å². The Morgan fingerprint density at radius 2 is 2.05 bits per heavy atom. The summed E-state index contributed by atoms with van der Waals surface area (Å²) < 4.78 is 5.37. The Bertz CT molecular complexity index is 535. The van der Waals surface area contributed by atoms with Crippen LogP contribution >= 0.6 is 11.8 Å². The van der Waals surface area contributed by atoms with Crippen molar-refractivity contribution >= 4 is 11.8 Å². The number of thioether (sulfide) groups is 1. The molecule has 1 atom stereocenters. The van der Waals surface area contributed by atoms with E-state index in [2.05, 4.69) is 27.6 Å². The maximum Gasteiger partial charge on any atom is 0.240 e. The van der Waals surface area contributed by atoms with Crippen LogP contribution in [0.15, 0.2) is 34.9 Å². The second kappa shape index (κ2) is 7.61. The third-order valence-corrected chi connectivity index (χ3v) is 4.85. The van der Waals surface area contributed by atoms with Gasteiger partial charge in [0.15, 0.2) is 5.82 Å². The van der Waals surface area contributed by atoms with Crippen molar-refractivity contribution in [2.75, 3.05) is 11.5 Å². The standard InChI is InChI=1S/C16H21N3OS/c1-2-5-13(6-3-1)11-17-12-15-18-16(19-20-15)14-7-4-9-21-10-8-14/h1-3,5-6,14,17H,4,7-12H2/t14-/m1/s1. The van der Waals surface area contributed by atoms with E-state index in [0.29, 0.717) is 18.4 Å². The van der Waals surface area contributed by atoms with Crippen LogP contribution < -0.4 is 5.32 Å². The molecule has 1 N–H and O–H groups in total. The van der Waals surface area contributed by atoms with Gasteiger partial charge < -0.3 is 9.84 Å². The molecule has 0 amide bonds. The van der Waals surface area contributed by atoms with Gasteiger partial charge in [-0.2, -0.15) is 16.7 Å². The molecule has 2 heterocycles.